The summed E-state index contributed by atoms with van der Waals surface area (Å²) >= 11 is 6.04. The van der Waals surface area contributed by atoms with Gasteiger partial charge in [0.05, 0.1) is 30.2 Å². The molecule has 0 amide bonds. The van der Waals surface area contributed by atoms with Gasteiger partial charge < -0.3 is 15.8 Å². The third kappa shape index (κ3) is 2.76. The lowest BCUT2D eigenvalue weighted by Gasteiger charge is -2.09. The predicted octanol–water partition coefficient (Wildman–Crippen LogP) is 2.46. The van der Waals surface area contributed by atoms with Crippen LogP contribution in [0, 0.1) is 0 Å². The van der Waals surface area contributed by atoms with Gasteiger partial charge in [0, 0.05) is 6.07 Å². The average molecular weight is 251 g/mol. The number of hydrogen-bond donors (Lipinski definition) is 2. The highest BCUT2D eigenvalue weighted by Crippen LogP contribution is 2.28. The Bertz CT molecular complexity index is 515. The number of ether oxygens (including phenoxy) is 1. The molecule has 0 atom stereocenters. The maximum atomic E-state index is 6.04. The summed E-state index contributed by atoms with van der Waals surface area (Å²) in [6.45, 7) is 0. The van der Waals surface area contributed by atoms with Crippen molar-refractivity contribution in [1.82, 2.24) is 9.97 Å². The van der Waals surface area contributed by atoms with Gasteiger partial charge in [-0.3, -0.25) is 0 Å². The fourth-order valence-electron chi connectivity index (χ4n) is 1.27. The van der Waals surface area contributed by atoms with E-state index in [-0.39, 0.29) is 0 Å². The van der Waals surface area contributed by atoms with Crippen molar-refractivity contribution in [2.24, 2.45) is 0 Å². The number of methoxy groups -OCH3 is 1. The van der Waals surface area contributed by atoms with E-state index in [4.69, 9.17) is 22.1 Å². The summed E-state index contributed by atoms with van der Waals surface area (Å²) in [5.41, 5.74) is 6.15. The molecule has 0 saturated carbocycles. The van der Waals surface area contributed by atoms with E-state index < -0.39 is 0 Å². The van der Waals surface area contributed by atoms with Crippen LogP contribution in [0.15, 0.2) is 30.6 Å². The van der Waals surface area contributed by atoms with Crippen LogP contribution in [0.4, 0.5) is 17.3 Å². The van der Waals surface area contributed by atoms with Gasteiger partial charge in [-0.1, -0.05) is 11.6 Å². The first-order valence-electron chi connectivity index (χ1n) is 4.87. The highest BCUT2D eigenvalue weighted by atomic mass is 35.5. The smallest absolute Gasteiger partial charge is 0.149 e. The molecule has 0 fully saturated rings. The number of nitrogens with zero attached hydrogens (tertiary/aromatic N) is 2. The van der Waals surface area contributed by atoms with E-state index in [2.05, 4.69) is 15.3 Å². The fourth-order valence-corrected chi connectivity index (χ4v) is 1.43. The third-order valence-electron chi connectivity index (χ3n) is 2.11. The van der Waals surface area contributed by atoms with Gasteiger partial charge in [0.2, 0.25) is 0 Å². The molecule has 0 aliphatic carbocycles. The number of hydrogen-bond acceptors (Lipinski definition) is 5. The maximum Gasteiger partial charge on any atom is 0.149 e. The third-order valence-corrected chi connectivity index (χ3v) is 2.44. The van der Waals surface area contributed by atoms with E-state index in [1.807, 2.05) is 0 Å². The lowest BCUT2D eigenvalue weighted by atomic mass is 10.3. The summed E-state index contributed by atoms with van der Waals surface area (Å²) in [7, 11) is 1.59. The molecule has 0 aliphatic heterocycles. The van der Waals surface area contributed by atoms with Crippen LogP contribution in [-0.4, -0.2) is 17.1 Å². The molecule has 0 saturated heterocycles. The highest BCUT2D eigenvalue weighted by Gasteiger charge is 2.03. The van der Waals surface area contributed by atoms with E-state index >= 15 is 0 Å². The van der Waals surface area contributed by atoms with Gasteiger partial charge in [-0.05, 0) is 12.1 Å². The van der Waals surface area contributed by atoms with Crippen molar-refractivity contribution in [3.63, 3.8) is 0 Å². The number of benzene rings is 1. The summed E-state index contributed by atoms with van der Waals surface area (Å²) in [6, 6.07) is 5.30. The Morgan fingerprint density at radius 2 is 2.12 bits per heavy atom. The summed E-state index contributed by atoms with van der Waals surface area (Å²) in [4.78, 5) is 8.00. The van der Waals surface area contributed by atoms with Gasteiger partial charge in [-0.2, -0.15) is 0 Å². The quantitative estimate of drug-likeness (QED) is 0.875. The molecule has 5 nitrogen and oxygen atoms in total. The highest BCUT2D eigenvalue weighted by molar-refractivity contribution is 6.33. The Balaban J connectivity index is 2.25. The molecule has 0 spiro atoms. The molecule has 3 N–H and O–H groups in total. The van der Waals surface area contributed by atoms with Crippen LogP contribution in [0.2, 0.25) is 5.02 Å². The van der Waals surface area contributed by atoms with E-state index in [0.29, 0.717) is 28.1 Å². The molecule has 2 rings (SSSR count). The van der Waals surface area contributed by atoms with Crippen LogP contribution >= 0.6 is 11.6 Å². The number of rotatable bonds is 3. The number of nitrogens with two attached hydrogens (primary N) is 1. The number of anilines is 3. The van der Waals surface area contributed by atoms with Gasteiger partial charge in [-0.25, -0.2) is 9.97 Å². The van der Waals surface area contributed by atoms with Crippen molar-refractivity contribution in [3.05, 3.63) is 35.6 Å². The second-order valence-electron chi connectivity index (χ2n) is 3.30. The van der Waals surface area contributed by atoms with Crippen LogP contribution in [0.3, 0.4) is 0 Å². The van der Waals surface area contributed by atoms with Crippen LogP contribution in [0.1, 0.15) is 0 Å². The fraction of sp³-hybridized carbons (Fsp3) is 0.0909. The van der Waals surface area contributed by atoms with Crippen LogP contribution in [0.25, 0.3) is 0 Å². The molecule has 0 aliphatic rings. The van der Waals surface area contributed by atoms with E-state index in [1.165, 1.54) is 12.4 Å². The molecule has 17 heavy (non-hydrogen) atoms. The Morgan fingerprint density at radius 3 is 2.76 bits per heavy atom. The summed E-state index contributed by atoms with van der Waals surface area (Å²) in [5, 5.41) is 3.61. The first kappa shape index (κ1) is 11.5. The molecule has 88 valence electrons. The number of nitrogens with one attached hydrogen (secondary N) is 1. The molecular formula is C11H11ClN4O. The second-order valence-corrected chi connectivity index (χ2v) is 3.70. The van der Waals surface area contributed by atoms with Crippen molar-refractivity contribution >= 4 is 28.9 Å². The Kier molecular flexibility index (Phi) is 3.30. The van der Waals surface area contributed by atoms with Crippen molar-refractivity contribution in [1.29, 1.82) is 0 Å². The molecule has 6 heteroatoms. The SMILES string of the molecule is COc1ccc(Cl)c(Nc2cnc(N)cn2)c1. The lowest BCUT2D eigenvalue weighted by molar-refractivity contribution is 0.415. The number of nitrogen functional groups attached to an aromatic ring is 1. The predicted molar refractivity (Wildman–Crippen MR) is 67.7 cm³/mol. The molecular weight excluding hydrogens is 240 g/mol. The van der Waals surface area contributed by atoms with Crippen molar-refractivity contribution in [2.75, 3.05) is 18.2 Å². The minimum atomic E-state index is 0.368. The molecule has 0 unspecified atom stereocenters. The van der Waals surface area contributed by atoms with Crippen molar-refractivity contribution in [3.8, 4) is 5.75 Å². The summed E-state index contributed by atoms with van der Waals surface area (Å²) in [6.07, 6.45) is 3.00. The van der Waals surface area contributed by atoms with Gasteiger partial charge >= 0.3 is 0 Å². The van der Waals surface area contributed by atoms with Gasteiger partial charge in [0.1, 0.15) is 17.4 Å². The monoisotopic (exact) mass is 250 g/mol. The number of halogens is 1. The van der Waals surface area contributed by atoms with Crippen LogP contribution in [-0.2, 0) is 0 Å². The van der Waals surface area contributed by atoms with E-state index in [9.17, 15) is 0 Å². The van der Waals surface area contributed by atoms with Gasteiger partial charge in [0.15, 0.2) is 0 Å². The van der Waals surface area contributed by atoms with Crippen LogP contribution in [0.5, 0.6) is 5.75 Å². The zero-order chi connectivity index (χ0) is 12.3. The molecule has 0 bridgehead atoms. The minimum Gasteiger partial charge on any atom is -0.497 e. The summed E-state index contributed by atoms with van der Waals surface area (Å²) < 4.78 is 5.11. The first-order valence-corrected chi connectivity index (χ1v) is 5.25. The molecule has 1 heterocycles. The largest absolute Gasteiger partial charge is 0.497 e. The zero-order valence-corrected chi connectivity index (χ0v) is 9.90. The molecule has 2 aromatic rings. The summed E-state index contributed by atoms with van der Waals surface area (Å²) in [5.74, 6) is 1.64. The molecule has 0 radical (unpaired) electrons. The first-order chi connectivity index (χ1) is 8.19. The Hall–Kier alpha value is -2.01. The Labute approximate surface area is 104 Å². The topological polar surface area (TPSA) is 73.1 Å². The van der Waals surface area contributed by atoms with E-state index in [0.717, 1.165) is 0 Å². The normalized spacial score (nSPS) is 10.0. The van der Waals surface area contributed by atoms with E-state index in [1.54, 1.807) is 25.3 Å². The lowest BCUT2D eigenvalue weighted by Crippen LogP contribution is -1.98. The molecule has 1 aromatic heterocycles. The number of aromatic nitrogens is 2. The Morgan fingerprint density at radius 1 is 1.29 bits per heavy atom. The average Bonchev–Trinajstić information content (AvgIpc) is 2.35. The molecule has 1 aromatic carbocycles. The maximum absolute atomic E-state index is 6.04. The van der Waals surface area contributed by atoms with Crippen molar-refractivity contribution in [2.45, 2.75) is 0 Å². The van der Waals surface area contributed by atoms with Gasteiger partial charge in [-0.15, -0.1) is 0 Å². The standard InChI is InChI=1S/C11H11ClN4O/c1-17-7-2-3-8(12)9(4-7)16-11-6-14-10(13)5-15-11/h2-6H,1H3,(H2,13,14)(H,15,16). The zero-order valence-electron chi connectivity index (χ0n) is 9.14. The van der Waals surface area contributed by atoms with Crippen molar-refractivity contribution < 1.29 is 4.74 Å². The minimum absolute atomic E-state index is 0.368. The second kappa shape index (κ2) is 4.88. The van der Waals surface area contributed by atoms with Crippen LogP contribution < -0.4 is 15.8 Å². The van der Waals surface area contributed by atoms with Gasteiger partial charge in [0.25, 0.3) is 0 Å².